The van der Waals surface area contributed by atoms with Crippen LogP contribution in [0.4, 0.5) is 22.7 Å². The summed E-state index contributed by atoms with van der Waals surface area (Å²) in [7, 11) is 0. The predicted octanol–water partition coefficient (Wildman–Crippen LogP) is 3.30. The van der Waals surface area contributed by atoms with Crippen LogP contribution in [0.15, 0.2) is 48.5 Å². The van der Waals surface area contributed by atoms with E-state index in [4.69, 9.17) is 5.11 Å². The predicted molar refractivity (Wildman–Crippen MR) is 85.0 cm³/mol. The molecule has 22 heavy (non-hydrogen) atoms. The number of benzene rings is 2. The Balaban J connectivity index is 2.16. The van der Waals surface area contributed by atoms with Gasteiger partial charge in [0, 0.05) is 13.5 Å². The van der Waals surface area contributed by atoms with Crippen molar-refractivity contribution in [2.45, 2.75) is 13.3 Å². The minimum absolute atomic E-state index is 0.0305. The van der Waals surface area contributed by atoms with Crippen LogP contribution in [0, 0.1) is 0 Å². The Hall–Kier alpha value is -2.82. The molecule has 5 heteroatoms. The van der Waals surface area contributed by atoms with Gasteiger partial charge in [-0.15, -0.1) is 0 Å². The molecule has 2 aromatic carbocycles. The van der Waals surface area contributed by atoms with Gasteiger partial charge in [0.2, 0.25) is 5.91 Å². The fraction of sp³-hybridized carbons (Fsp3) is 0.176. The third kappa shape index (κ3) is 2.30. The number of rotatable bonds is 3. The number of anilines is 4. The number of amides is 1. The second kappa shape index (κ2) is 5.52. The smallest absolute Gasteiger partial charge is 0.305 e. The molecular formula is C17H16N2O3. The highest BCUT2D eigenvalue weighted by Gasteiger charge is 2.29. The van der Waals surface area contributed by atoms with Crippen molar-refractivity contribution in [2.75, 3.05) is 16.3 Å². The Morgan fingerprint density at radius 1 is 0.909 bits per heavy atom. The molecule has 0 bridgehead atoms. The van der Waals surface area contributed by atoms with Crippen molar-refractivity contribution in [1.29, 1.82) is 0 Å². The number of aliphatic carboxylic acids is 1. The first-order chi connectivity index (χ1) is 10.6. The topological polar surface area (TPSA) is 60.9 Å². The van der Waals surface area contributed by atoms with E-state index < -0.39 is 5.97 Å². The second-order valence-corrected chi connectivity index (χ2v) is 5.13. The van der Waals surface area contributed by atoms with Crippen molar-refractivity contribution in [1.82, 2.24) is 0 Å². The standard InChI is InChI=1S/C17H16N2O3/c1-12(20)19-15-8-4-2-6-13(15)18(11-10-17(21)22)14-7-3-5-9-16(14)19/h2-9H,10-11H2,1H3,(H,21,22). The molecule has 0 aliphatic carbocycles. The molecule has 1 aliphatic heterocycles. The summed E-state index contributed by atoms with van der Waals surface area (Å²) in [6.07, 6.45) is 0.0305. The highest BCUT2D eigenvalue weighted by atomic mass is 16.4. The monoisotopic (exact) mass is 296 g/mol. The largest absolute Gasteiger partial charge is 0.481 e. The third-order valence-electron chi connectivity index (χ3n) is 3.69. The molecule has 0 fully saturated rings. The van der Waals surface area contributed by atoms with Gasteiger partial charge in [0.15, 0.2) is 0 Å². The van der Waals surface area contributed by atoms with Crippen molar-refractivity contribution in [3.05, 3.63) is 48.5 Å². The lowest BCUT2D eigenvalue weighted by Gasteiger charge is -2.38. The number of carboxylic acid groups (broad SMARTS) is 1. The number of hydrogen-bond acceptors (Lipinski definition) is 3. The van der Waals surface area contributed by atoms with E-state index in [0.717, 1.165) is 22.7 Å². The number of nitrogens with zero attached hydrogens (tertiary/aromatic N) is 2. The van der Waals surface area contributed by atoms with E-state index in [-0.39, 0.29) is 12.3 Å². The summed E-state index contributed by atoms with van der Waals surface area (Å²) in [4.78, 5) is 26.7. The van der Waals surface area contributed by atoms with E-state index in [9.17, 15) is 9.59 Å². The number of fused-ring (bicyclic) bond motifs is 2. The molecule has 1 amide bonds. The number of para-hydroxylation sites is 4. The number of hydrogen-bond donors (Lipinski definition) is 1. The van der Waals surface area contributed by atoms with Gasteiger partial charge < -0.3 is 10.0 Å². The Bertz CT molecular complexity index is 695. The van der Waals surface area contributed by atoms with E-state index in [1.54, 1.807) is 4.90 Å². The second-order valence-electron chi connectivity index (χ2n) is 5.13. The number of carbonyl (C=O) groups excluding carboxylic acids is 1. The summed E-state index contributed by atoms with van der Waals surface area (Å²) >= 11 is 0. The van der Waals surface area contributed by atoms with E-state index in [2.05, 4.69) is 0 Å². The molecule has 3 rings (SSSR count). The van der Waals surface area contributed by atoms with Crippen LogP contribution in [0.2, 0.25) is 0 Å². The fourth-order valence-electron chi connectivity index (χ4n) is 2.81. The lowest BCUT2D eigenvalue weighted by atomic mass is 10.1. The fourth-order valence-corrected chi connectivity index (χ4v) is 2.81. The summed E-state index contributed by atoms with van der Waals surface area (Å²) < 4.78 is 0. The van der Waals surface area contributed by atoms with Crippen LogP contribution < -0.4 is 9.80 Å². The van der Waals surface area contributed by atoms with Gasteiger partial charge in [-0.1, -0.05) is 24.3 Å². The number of carbonyl (C=O) groups is 2. The summed E-state index contributed by atoms with van der Waals surface area (Å²) in [6, 6.07) is 15.1. The van der Waals surface area contributed by atoms with Gasteiger partial charge >= 0.3 is 5.97 Å². The minimum atomic E-state index is -0.844. The average Bonchev–Trinajstić information content (AvgIpc) is 2.50. The van der Waals surface area contributed by atoms with Gasteiger partial charge in [0.25, 0.3) is 0 Å². The van der Waals surface area contributed by atoms with Crippen LogP contribution in [0.1, 0.15) is 13.3 Å². The third-order valence-corrected chi connectivity index (χ3v) is 3.69. The zero-order chi connectivity index (χ0) is 15.7. The van der Waals surface area contributed by atoms with Crippen molar-refractivity contribution >= 4 is 34.6 Å². The maximum Gasteiger partial charge on any atom is 0.305 e. The van der Waals surface area contributed by atoms with E-state index in [1.807, 2.05) is 53.4 Å². The van der Waals surface area contributed by atoms with Crippen LogP contribution in [0.3, 0.4) is 0 Å². The van der Waals surface area contributed by atoms with Gasteiger partial charge in [0.1, 0.15) is 0 Å². The molecular weight excluding hydrogens is 280 g/mol. The highest BCUT2D eigenvalue weighted by Crippen LogP contribution is 2.47. The van der Waals surface area contributed by atoms with E-state index >= 15 is 0 Å². The quantitative estimate of drug-likeness (QED) is 0.944. The Labute approximate surface area is 128 Å². The van der Waals surface area contributed by atoms with Gasteiger partial charge in [0.05, 0.1) is 29.2 Å². The molecule has 2 aromatic rings. The Kier molecular flexibility index (Phi) is 3.55. The molecule has 1 N–H and O–H groups in total. The zero-order valence-corrected chi connectivity index (χ0v) is 12.2. The Morgan fingerprint density at radius 3 is 1.77 bits per heavy atom. The molecule has 0 unspecified atom stereocenters. The zero-order valence-electron chi connectivity index (χ0n) is 12.2. The van der Waals surface area contributed by atoms with E-state index in [0.29, 0.717) is 6.54 Å². The molecule has 0 atom stereocenters. The first-order valence-corrected chi connectivity index (χ1v) is 7.07. The molecule has 112 valence electrons. The Morgan fingerprint density at radius 2 is 1.36 bits per heavy atom. The number of carboxylic acids is 1. The van der Waals surface area contributed by atoms with Crippen LogP contribution in [-0.4, -0.2) is 23.5 Å². The summed E-state index contributed by atoms with van der Waals surface area (Å²) in [5.74, 6) is -0.915. The maximum absolute atomic E-state index is 12.1. The lowest BCUT2D eigenvalue weighted by Crippen LogP contribution is -2.33. The molecule has 0 saturated heterocycles. The molecule has 0 radical (unpaired) electrons. The molecule has 0 saturated carbocycles. The SMILES string of the molecule is CC(=O)N1c2ccccc2N(CCC(=O)O)c2ccccc21. The van der Waals surface area contributed by atoms with E-state index in [1.165, 1.54) is 6.92 Å². The summed E-state index contributed by atoms with van der Waals surface area (Å²) in [5.41, 5.74) is 3.24. The van der Waals surface area contributed by atoms with Gasteiger partial charge in [-0.3, -0.25) is 14.5 Å². The maximum atomic E-state index is 12.1. The van der Waals surface area contributed by atoms with Crippen LogP contribution in [0.5, 0.6) is 0 Å². The minimum Gasteiger partial charge on any atom is -0.481 e. The van der Waals surface area contributed by atoms with Crippen LogP contribution in [-0.2, 0) is 9.59 Å². The summed E-state index contributed by atoms with van der Waals surface area (Å²) in [5, 5.41) is 8.99. The van der Waals surface area contributed by atoms with Crippen molar-refractivity contribution in [3.8, 4) is 0 Å². The first kappa shape index (κ1) is 14.1. The molecule has 5 nitrogen and oxygen atoms in total. The average molecular weight is 296 g/mol. The molecule has 0 spiro atoms. The summed E-state index contributed by atoms with van der Waals surface area (Å²) in [6.45, 7) is 1.88. The van der Waals surface area contributed by atoms with Crippen molar-refractivity contribution in [3.63, 3.8) is 0 Å². The molecule has 1 aliphatic rings. The lowest BCUT2D eigenvalue weighted by molar-refractivity contribution is -0.136. The van der Waals surface area contributed by atoms with Crippen LogP contribution in [0.25, 0.3) is 0 Å². The normalized spacial score (nSPS) is 12.6. The first-order valence-electron chi connectivity index (χ1n) is 7.07. The highest BCUT2D eigenvalue weighted by molar-refractivity contribution is 6.08. The molecule has 0 aromatic heterocycles. The van der Waals surface area contributed by atoms with Gasteiger partial charge in [-0.05, 0) is 24.3 Å². The van der Waals surface area contributed by atoms with Gasteiger partial charge in [-0.25, -0.2) is 0 Å². The van der Waals surface area contributed by atoms with Gasteiger partial charge in [-0.2, -0.15) is 0 Å². The van der Waals surface area contributed by atoms with Crippen molar-refractivity contribution in [2.24, 2.45) is 0 Å². The van der Waals surface area contributed by atoms with Crippen LogP contribution >= 0.6 is 0 Å². The molecule has 1 heterocycles. The van der Waals surface area contributed by atoms with Crippen molar-refractivity contribution < 1.29 is 14.7 Å².